The van der Waals surface area contributed by atoms with E-state index in [1.807, 2.05) is 13.8 Å². The van der Waals surface area contributed by atoms with Crippen LogP contribution in [0.15, 0.2) is 0 Å². The van der Waals surface area contributed by atoms with Crippen molar-refractivity contribution >= 4 is 5.91 Å². The Bertz CT molecular complexity index is 223. The first-order valence-electron chi connectivity index (χ1n) is 6.17. The van der Waals surface area contributed by atoms with E-state index in [2.05, 4.69) is 10.6 Å². The van der Waals surface area contributed by atoms with Crippen molar-refractivity contribution < 1.29 is 9.90 Å². The van der Waals surface area contributed by atoms with Gasteiger partial charge < -0.3 is 15.7 Å². The Balaban J connectivity index is 2.08. The maximum atomic E-state index is 11.6. The average Bonchev–Trinajstić information content (AvgIpc) is 2.77. The fourth-order valence-corrected chi connectivity index (χ4v) is 1.89. The zero-order valence-corrected chi connectivity index (χ0v) is 10.4. The van der Waals surface area contributed by atoms with E-state index >= 15 is 0 Å². The molecule has 0 aromatic heterocycles. The molecule has 1 atom stereocenters. The van der Waals surface area contributed by atoms with Crippen molar-refractivity contribution in [1.82, 2.24) is 10.6 Å². The second-order valence-electron chi connectivity index (χ2n) is 5.37. The highest BCUT2D eigenvalue weighted by molar-refractivity contribution is 5.81. The smallest absolute Gasteiger partial charge is 0.237 e. The Morgan fingerprint density at radius 2 is 2.31 bits per heavy atom. The molecule has 1 saturated heterocycles. The number of nitrogens with one attached hydrogen (secondary N) is 2. The van der Waals surface area contributed by atoms with Gasteiger partial charge in [0.1, 0.15) is 0 Å². The molecular formula is C12H24N2O2. The normalized spacial score (nSPS) is 21.1. The Morgan fingerprint density at radius 1 is 1.56 bits per heavy atom. The van der Waals surface area contributed by atoms with E-state index in [0.717, 1.165) is 32.2 Å². The predicted molar refractivity (Wildman–Crippen MR) is 64.1 cm³/mol. The maximum absolute atomic E-state index is 11.6. The number of amides is 1. The van der Waals surface area contributed by atoms with Gasteiger partial charge in [0.05, 0.1) is 6.04 Å². The lowest BCUT2D eigenvalue weighted by molar-refractivity contribution is -0.122. The Hall–Kier alpha value is -0.610. The molecule has 4 heteroatoms. The highest BCUT2D eigenvalue weighted by Gasteiger charge is 2.21. The van der Waals surface area contributed by atoms with Gasteiger partial charge in [-0.15, -0.1) is 0 Å². The third-order valence-electron chi connectivity index (χ3n) is 3.13. The summed E-state index contributed by atoms with van der Waals surface area (Å²) in [5, 5.41) is 15.2. The van der Waals surface area contributed by atoms with Crippen LogP contribution in [0.4, 0.5) is 0 Å². The minimum absolute atomic E-state index is 0.0193. The van der Waals surface area contributed by atoms with Crippen molar-refractivity contribution in [2.24, 2.45) is 5.41 Å². The second kappa shape index (κ2) is 6.21. The van der Waals surface area contributed by atoms with Gasteiger partial charge in [0, 0.05) is 13.2 Å². The summed E-state index contributed by atoms with van der Waals surface area (Å²) in [4.78, 5) is 11.6. The summed E-state index contributed by atoms with van der Waals surface area (Å²) in [6.07, 6.45) is 3.90. The fourth-order valence-electron chi connectivity index (χ4n) is 1.89. The molecule has 0 aliphatic carbocycles. The predicted octanol–water partition coefficient (Wildman–Crippen LogP) is 0.653. The third kappa shape index (κ3) is 4.49. The highest BCUT2D eigenvalue weighted by atomic mass is 16.3. The van der Waals surface area contributed by atoms with Crippen LogP contribution in [-0.2, 0) is 4.79 Å². The zero-order chi connectivity index (χ0) is 12.0. The number of aliphatic hydroxyl groups is 1. The SMILES string of the molecule is CC(C)(CO)CCCNC(=O)C1CCCN1. The molecular weight excluding hydrogens is 204 g/mol. The van der Waals surface area contributed by atoms with Gasteiger partial charge in [-0.2, -0.15) is 0 Å². The molecule has 94 valence electrons. The van der Waals surface area contributed by atoms with Gasteiger partial charge in [0.15, 0.2) is 0 Å². The summed E-state index contributed by atoms with van der Waals surface area (Å²) in [7, 11) is 0. The Kier molecular flexibility index (Phi) is 5.22. The van der Waals surface area contributed by atoms with Crippen LogP contribution in [-0.4, -0.2) is 36.8 Å². The molecule has 16 heavy (non-hydrogen) atoms. The van der Waals surface area contributed by atoms with E-state index in [4.69, 9.17) is 5.11 Å². The minimum Gasteiger partial charge on any atom is -0.396 e. The molecule has 4 nitrogen and oxygen atoms in total. The first-order valence-corrected chi connectivity index (χ1v) is 6.17. The van der Waals surface area contributed by atoms with Gasteiger partial charge in [-0.1, -0.05) is 13.8 Å². The molecule has 3 N–H and O–H groups in total. The van der Waals surface area contributed by atoms with Crippen LogP contribution >= 0.6 is 0 Å². The molecule has 1 amide bonds. The molecule has 0 radical (unpaired) electrons. The number of hydrogen-bond acceptors (Lipinski definition) is 3. The first-order chi connectivity index (χ1) is 7.55. The molecule has 1 heterocycles. The zero-order valence-electron chi connectivity index (χ0n) is 10.4. The molecule has 1 fully saturated rings. The summed E-state index contributed by atoms with van der Waals surface area (Å²) in [6.45, 7) is 5.93. The highest BCUT2D eigenvalue weighted by Crippen LogP contribution is 2.20. The van der Waals surface area contributed by atoms with Gasteiger partial charge in [-0.3, -0.25) is 4.79 Å². The minimum atomic E-state index is -0.0314. The summed E-state index contributed by atoms with van der Waals surface area (Å²) in [5.41, 5.74) is -0.0314. The van der Waals surface area contributed by atoms with Crippen molar-refractivity contribution in [3.8, 4) is 0 Å². The average molecular weight is 228 g/mol. The number of carbonyl (C=O) groups excluding carboxylic acids is 1. The van der Waals surface area contributed by atoms with E-state index in [0.29, 0.717) is 6.54 Å². The van der Waals surface area contributed by atoms with Gasteiger partial charge in [0.25, 0.3) is 0 Å². The lowest BCUT2D eigenvalue weighted by Crippen LogP contribution is -2.40. The third-order valence-corrected chi connectivity index (χ3v) is 3.13. The van der Waals surface area contributed by atoms with Crippen LogP contribution in [0.1, 0.15) is 39.5 Å². The van der Waals surface area contributed by atoms with Crippen molar-refractivity contribution in [2.75, 3.05) is 19.7 Å². The lowest BCUT2D eigenvalue weighted by atomic mass is 9.89. The quantitative estimate of drug-likeness (QED) is 0.585. The van der Waals surface area contributed by atoms with Gasteiger partial charge >= 0.3 is 0 Å². The summed E-state index contributed by atoms with van der Waals surface area (Å²) >= 11 is 0. The van der Waals surface area contributed by atoms with Crippen molar-refractivity contribution in [3.05, 3.63) is 0 Å². The maximum Gasteiger partial charge on any atom is 0.237 e. The van der Waals surface area contributed by atoms with Crippen molar-refractivity contribution in [1.29, 1.82) is 0 Å². The molecule has 0 spiro atoms. The van der Waals surface area contributed by atoms with Gasteiger partial charge in [0.2, 0.25) is 5.91 Å². The molecule has 1 aliphatic rings. The Labute approximate surface area is 97.8 Å². The fraction of sp³-hybridized carbons (Fsp3) is 0.917. The van der Waals surface area contributed by atoms with E-state index < -0.39 is 0 Å². The monoisotopic (exact) mass is 228 g/mol. The van der Waals surface area contributed by atoms with Gasteiger partial charge in [-0.25, -0.2) is 0 Å². The van der Waals surface area contributed by atoms with Crippen molar-refractivity contribution in [2.45, 2.75) is 45.6 Å². The van der Waals surface area contributed by atoms with Crippen LogP contribution < -0.4 is 10.6 Å². The van der Waals surface area contributed by atoms with Crippen LogP contribution in [0.3, 0.4) is 0 Å². The van der Waals surface area contributed by atoms with Gasteiger partial charge in [-0.05, 0) is 37.6 Å². The Morgan fingerprint density at radius 3 is 2.88 bits per heavy atom. The molecule has 0 aromatic carbocycles. The van der Waals surface area contributed by atoms with E-state index in [1.165, 1.54) is 0 Å². The van der Waals surface area contributed by atoms with E-state index in [-0.39, 0.29) is 24.0 Å². The number of hydrogen-bond donors (Lipinski definition) is 3. The van der Waals surface area contributed by atoms with Crippen LogP contribution in [0, 0.1) is 5.41 Å². The number of aliphatic hydroxyl groups excluding tert-OH is 1. The van der Waals surface area contributed by atoms with E-state index in [9.17, 15) is 4.79 Å². The summed E-state index contributed by atoms with van der Waals surface area (Å²) in [5.74, 6) is 0.124. The van der Waals surface area contributed by atoms with Crippen LogP contribution in [0.25, 0.3) is 0 Å². The lowest BCUT2D eigenvalue weighted by Gasteiger charge is -2.21. The molecule has 1 aliphatic heterocycles. The van der Waals surface area contributed by atoms with Crippen molar-refractivity contribution in [3.63, 3.8) is 0 Å². The topological polar surface area (TPSA) is 61.4 Å². The summed E-state index contributed by atoms with van der Waals surface area (Å²) < 4.78 is 0. The molecule has 1 rings (SSSR count). The largest absolute Gasteiger partial charge is 0.396 e. The van der Waals surface area contributed by atoms with Crippen LogP contribution in [0.2, 0.25) is 0 Å². The molecule has 0 saturated carbocycles. The second-order valence-corrected chi connectivity index (χ2v) is 5.37. The van der Waals surface area contributed by atoms with E-state index in [1.54, 1.807) is 0 Å². The molecule has 1 unspecified atom stereocenters. The number of carbonyl (C=O) groups is 1. The number of rotatable bonds is 6. The first kappa shape index (κ1) is 13.5. The van der Waals surface area contributed by atoms with Crippen LogP contribution in [0.5, 0.6) is 0 Å². The summed E-state index contributed by atoms with van der Waals surface area (Å²) in [6, 6.07) is 0.0193. The molecule has 0 aromatic rings. The standard InChI is InChI=1S/C12H24N2O2/c1-12(2,9-15)6-4-8-14-11(16)10-5-3-7-13-10/h10,13,15H,3-9H2,1-2H3,(H,14,16). The molecule has 0 bridgehead atoms.